The highest BCUT2D eigenvalue weighted by Crippen LogP contribution is 2.27. The first-order valence-electron chi connectivity index (χ1n) is 5.52. The minimum absolute atomic E-state index is 0.0756. The summed E-state index contributed by atoms with van der Waals surface area (Å²) in [6, 6.07) is 0.595. The van der Waals surface area contributed by atoms with Crippen LogP contribution in [0.3, 0.4) is 0 Å². The van der Waals surface area contributed by atoms with Crippen LogP contribution < -0.4 is 11.1 Å². The second-order valence-electron chi connectivity index (χ2n) is 4.33. The first-order chi connectivity index (χ1) is 8.83. The molecule has 0 spiro atoms. The zero-order valence-corrected chi connectivity index (χ0v) is 11.5. The zero-order valence-electron chi connectivity index (χ0n) is 10.7. The zero-order chi connectivity index (χ0) is 14.5. The number of nitrogens with two attached hydrogens (primary N) is 1. The lowest BCUT2D eigenvalue weighted by atomic mass is 10.1. The van der Waals surface area contributed by atoms with E-state index in [1.54, 1.807) is 19.9 Å². The highest BCUT2D eigenvalue weighted by atomic mass is 32.2. The van der Waals surface area contributed by atoms with Crippen molar-refractivity contribution < 1.29 is 14.7 Å². The first-order valence-corrected chi connectivity index (χ1v) is 6.50. The number of aromatic nitrogens is 2. The third kappa shape index (κ3) is 4.84. The third-order valence-electron chi connectivity index (χ3n) is 2.41. The number of thioether (sulfide) groups is 1. The maximum absolute atomic E-state index is 11.7. The van der Waals surface area contributed by atoms with Gasteiger partial charge >= 0.3 is 5.97 Å². The topological polar surface area (TPSA) is 118 Å². The smallest absolute Gasteiger partial charge is 0.321 e. The lowest BCUT2D eigenvalue weighted by molar-refractivity contribution is -0.139. The van der Waals surface area contributed by atoms with E-state index in [9.17, 15) is 9.59 Å². The van der Waals surface area contributed by atoms with E-state index in [2.05, 4.69) is 15.3 Å². The summed E-state index contributed by atoms with van der Waals surface area (Å²) in [5.74, 6) is -1.11. The van der Waals surface area contributed by atoms with Gasteiger partial charge in [0, 0.05) is 17.1 Å². The van der Waals surface area contributed by atoms with Crippen molar-refractivity contribution in [2.45, 2.75) is 24.6 Å². The molecule has 104 valence electrons. The number of rotatable bonds is 6. The molecule has 0 aliphatic rings. The lowest BCUT2D eigenvalue weighted by Gasteiger charge is -2.27. The van der Waals surface area contributed by atoms with Crippen molar-refractivity contribution in [1.29, 1.82) is 0 Å². The summed E-state index contributed by atoms with van der Waals surface area (Å²) < 4.78 is -0.749. The Morgan fingerprint density at radius 1 is 1.47 bits per heavy atom. The van der Waals surface area contributed by atoms with Gasteiger partial charge in [-0.2, -0.15) is 0 Å². The fraction of sp³-hybridized carbons (Fsp3) is 0.455. The summed E-state index contributed by atoms with van der Waals surface area (Å²) in [6.07, 6.45) is 3.03. The van der Waals surface area contributed by atoms with Gasteiger partial charge in [-0.3, -0.25) is 14.9 Å². The van der Waals surface area contributed by atoms with Crippen LogP contribution in [0.4, 0.5) is 5.95 Å². The molecule has 1 rings (SSSR count). The van der Waals surface area contributed by atoms with Crippen molar-refractivity contribution in [3.63, 3.8) is 0 Å². The molecule has 0 unspecified atom stereocenters. The molecule has 7 nitrogen and oxygen atoms in total. The van der Waals surface area contributed by atoms with Crippen LogP contribution in [0.1, 0.15) is 13.8 Å². The minimum Gasteiger partial charge on any atom is -0.480 e. The largest absolute Gasteiger partial charge is 0.480 e. The molecule has 4 N–H and O–H groups in total. The number of amides is 1. The number of hydrogen-bond donors (Lipinski definition) is 3. The van der Waals surface area contributed by atoms with Crippen molar-refractivity contribution in [3.8, 4) is 0 Å². The summed E-state index contributed by atoms with van der Waals surface area (Å²) >= 11 is 1.17. The summed E-state index contributed by atoms with van der Waals surface area (Å²) in [5.41, 5.74) is 5.56. The van der Waals surface area contributed by atoms with Crippen LogP contribution in [0.5, 0.6) is 0 Å². The van der Waals surface area contributed by atoms with E-state index in [0.717, 1.165) is 0 Å². The van der Waals surface area contributed by atoms with Crippen molar-refractivity contribution in [3.05, 3.63) is 18.5 Å². The Morgan fingerprint density at radius 3 is 2.58 bits per heavy atom. The Labute approximate surface area is 115 Å². The standard InChI is InChI=1S/C11H16N4O3S/c1-11(2,8(12)9(17)18)19-6-7(16)15-10-13-4-3-5-14-10/h3-5,8H,6,12H2,1-2H3,(H,17,18)(H,13,14,15,16)/t8-/m1/s1. The van der Waals surface area contributed by atoms with Crippen LogP contribution in [0.25, 0.3) is 0 Å². The van der Waals surface area contributed by atoms with Crippen LogP contribution in [0.2, 0.25) is 0 Å². The maximum atomic E-state index is 11.7. The van der Waals surface area contributed by atoms with E-state index in [4.69, 9.17) is 10.8 Å². The van der Waals surface area contributed by atoms with Gasteiger partial charge in [0.05, 0.1) is 5.75 Å². The molecule has 0 saturated heterocycles. The fourth-order valence-electron chi connectivity index (χ4n) is 1.16. The van der Waals surface area contributed by atoms with Crippen LogP contribution in [0, 0.1) is 0 Å². The second-order valence-corrected chi connectivity index (χ2v) is 5.96. The molecule has 0 aromatic carbocycles. The van der Waals surface area contributed by atoms with Crippen LogP contribution in [0.15, 0.2) is 18.5 Å². The SMILES string of the molecule is CC(C)(SCC(=O)Nc1ncccn1)[C@H](N)C(=O)O. The average molecular weight is 284 g/mol. The molecule has 0 aliphatic heterocycles. The third-order valence-corrected chi connectivity index (χ3v) is 3.81. The summed E-state index contributed by atoms with van der Waals surface area (Å²) in [5, 5.41) is 11.4. The van der Waals surface area contributed by atoms with Crippen molar-refractivity contribution in [2.75, 3.05) is 11.1 Å². The molecule has 19 heavy (non-hydrogen) atoms. The van der Waals surface area contributed by atoms with Gasteiger partial charge in [-0.25, -0.2) is 9.97 Å². The summed E-state index contributed by atoms with van der Waals surface area (Å²) in [4.78, 5) is 30.2. The number of aliphatic carboxylic acids is 1. The Kier molecular flexibility index (Phi) is 5.25. The fourth-order valence-corrected chi connectivity index (χ4v) is 2.02. The number of carbonyl (C=O) groups is 2. The predicted molar refractivity (Wildman–Crippen MR) is 72.8 cm³/mol. The minimum atomic E-state index is -1.09. The van der Waals surface area contributed by atoms with Gasteiger partial charge in [0.25, 0.3) is 0 Å². The number of carboxylic acid groups (broad SMARTS) is 1. The van der Waals surface area contributed by atoms with Crippen molar-refractivity contribution >= 4 is 29.6 Å². The molecule has 0 bridgehead atoms. The second kappa shape index (κ2) is 6.48. The molecule has 1 amide bonds. The van der Waals surface area contributed by atoms with Gasteiger partial charge in [0.1, 0.15) is 6.04 Å². The van der Waals surface area contributed by atoms with Gasteiger partial charge in [0.15, 0.2) is 0 Å². The Morgan fingerprint density at radius 2 is 2.05 bits per heavy atom. The van der Waals surface area contributed by atoms with E-state index in [-0.39, 0.29) is 17.6 Å². The molecule has 0 radical (unpaired) electrons. The molecular weight excluding hydrogens is 268 g/mol. The molecule has 0 saturated carbocycles. The number of nitrogens with zero attached hydrogens (tertiary/aromatic N) is 2. The van der Waals surface area contributed by atoms with Gasteiger partial charge in [-0.1, -0.05) is 0 Å². The summed E-state index contributed by atoms with van der Waals surface area (Å²) in [6.45, 7) is 3.37. The van der Waals surface area contributed by atoms with Crippen molar-refractivity contribution in [2.24, 2.45) is 5.73 Å². The highest BCUT2D eigenvalue weighted by molar-refractivity contribution is 8.01. The Bertz CT molecular complexity index is 453. The van der Waals surface area contributed by atoms with Gasteiger partial charge in [0.2, 0.25) is 11.9 Å². The van der Waals surface area contributed by atoms with Gasteiger partial charge in [-0.15, -0.1) is 11.8 Å². The number of carboxylic acids is 1. The molecule has 1 aromatic rings. The van der Waals surface area contributed by atoms with E-state index in [0.29, 0.717) is 0 Å². The molecule has 1 heterocycles. The quantitative estimate of drug-likeness (QED) is 0.689. The van der Waals surface area contributed by atoms with E-state index in [1.165, 1.54) is 24.2 Å². The Balaban J connectivity index is 2.48. The van der Waals surface area contributed by atoms with Gasteiger partial charge < -0.3 is 10.8 Å². The number of hydrogen-bond acceptors (Lipinski definition) is 6. The number of carbonyl (C=O) groups excluding carboxylic acids is 1. The monoisotopic (exact) mass is 284 g/mol. The molecule has 0 aliphatic carbocycles. The molecule has 8 heteroatoms. The van der Waals surface area contributed by atoms with E-state index >= 15 is 0 Å². The highest BCUT2D eigenvalue weighted by Gasteiger charge is 2.33. The first kappa shape index (κ1) is 15.4. The Hall–Kier alpha value is -1.67. The summed E-state index contributed by atoms with van der Waals surface area (Å²) in [7, 11) is 0. The normalized spacial score (nSPS) is 12.8. The van der Waals surface area contributed by atoms with Crippen LogP contribution >= 0.6 is 11.8 Å². The van der Waals surface area contributed by atoms with E-state index < -0.39 is 16.8 Å². The van der Waals surface area contributed by atoms with Crippen LogP contribution in [-0.2, 0) is 9.59 Å². The van der Waals surface area contributed by atoms with Gasteiger partial charge in [-0.05, 0) is 19.9 Å². The molecule has 0 fully saturated rings. The average Bonchev–Trinajstić information content (AvgIpc) is 2.36. The molecule has 1 aromatic heterocycles. The molecule has 1 atom stereocenters. The van der Waals surface area contributed by atoms with Crippen LogP contribution in [-0.4, -0.2) is 43.5 Å². The maximum Gasteiger partial charge on any atom is 0.321 e. The van der Waals surface area contributed by atoms with E-state index in [1.807, 2.05) is 0 Å². The number of nitrogens with one attached hydrogen (secondary N) is 1. The molecular formula is C11H16N4O3S. The predicted octanol–water partition coefficient (Wildman–Crippen LogP) is 0.339. The lowest BCUT2D eigenvalue weighted by Crippen LogP contribution is -2.47. The van der Waals surface area contributed by atoms with Crippen molar-refractivity contribution in [1.82, 2.24) is 9.97 Å². The number of anilines is 1.